The van der Waals surface area contributed by atoms with Crippen LogP contribution in [0, 0.1) is 11.8 Å². The Morgan fingerprint density at radius 3 is 2.83 bits per heavy atom. The van der Waals surface area contributed by atoms with E-state index in [1.807, 2.05) is 12.1 Å². The first-order valence-electron chi connectivity index (χ1n) is 11.5. The Kier molecular flexibility index (Phi) is 6.67. The molecule has 2 aliphatic heterocycles. The van der Waals surface area contributed by atoms with E-state index < -0.39 is 6.09 Å². The number of hydrogen-bond donors (Lipinski definition) is 2. The van der Waals surface area contributed by atoms with Crippen molar-refractivity contribution in [2.24, 2.45) is 11.8 Å². The molecule has 1 aromatic carbocycles. The van der Waals surface area contributed by atoms with Gasteiger partial charge in [0.2, 0.25) is 6.79 Å². The molecule has 0 bridgehead atoms. The Morgan fingerprint density at radius 1 is 1.31 bits per heavy atom. The van der Waals surface area contributed by atoms with Crippen molar-refractivity contribution in [2.45, 2.75) is 55.7 Å². The van der Waals surface area contributed by atoms with Crippen molar-refractivity contribution < 1.29 is 19.4 Å². The number of carboxylic acid groups (broad SMARTS) is 1. The molecular formula is C23H27BrN6O4S. The summed E-state index contributed by atoms with van der Waals surface area (Å²) < 4.78 is 14.0. The number of imidazole rings is 1. The Morgan fingerprint density at radius 2 is 2.09 bits per heavy atom. The number of amides is 1. The summed E-state index contributed by atoms with van der Waals surface area (Å²) in [5, 5.41) is 10.3. The number of nitrogen functional groups attached to an aromatic ring is 1. The fourth-order valence-electron chi connectivity index (χ4n) is 4.81. The number of carbonyl (C=O) groups is 1. The van der Waals surface area contributed by atoms with Crippen LogP contribution in [0.15, 0.2) is 33.0 Å². The Labute approximate surface area is 215 Å². The summed E-state index contributed by atoms with van der Waals surface area (Å²) in [6, 6.07) is 3.86. The Hall–Kier alpha value is -2.73. The summed E-state index contributed by atoms with van der Waals surface area (Å²) in [7, 11) is 0. The molecular weight excluding hydrogens is 536 g/mol. The first-order valence-corrected chi connectivity index (χ1v) is 13.2. The molecule has 186 valence electrons. The number of nitrogens with two attached hydrogens (primary N) is 1. The molecule has 4 heterocycles. The number of halogens is 1. The maximum Gasteiger partial charge on any atom is 0.407 e. The molecule has 0 radical (unpaired) electrons. The van der Waals surface area contributed by atoms with Gasteiger partial charge in [-0.15, -0.1) is 0 Å². The van der Waals surface area contributed by atoms with Crippen molar-refractivity contribution in [3.63, 3.8) is 0 Å². The summed E-state index contributed by atoms with van der Waals surface area (Å²) >= 11 is 5.13. The molecule has 10 nitrogen and oxygen atoms in total. The third kappa shape index (κ3) is 4.73. The van der Waals surface area contributed by atoms with E-state index >= 15 is 0 Å². The number of likely N-dealkylation sites (tertiary alicyclic amines) is 1. The molecule has 2 unspecified atom stereocenters. The van der Waals surface area contributed by atoms with Crippen molar-refractivity contribution in [2.75, 3.05) is 19.1 Å². The minimum absolute atomic E-state index is 0.0298. The zero-order chi connectivity index (χ0) is 24.7. The smallest absolute Gasteiger partial charge is 0.407 e. The van der Waals surface area contributed by atoms with Crippen molar-refractivity contribution in [1.29, 1.82) is 0 Å². The molecule has 1 fully saturated rings. The highest BCUT2D eigenvalue weighted by Gasteiger charge is 2.33. The molecule has 2 aromatic heterocycles. The highest BCUT2D eigenvalue weighted by Crippen LogP contribution is 2.43. The van der Waals surface area contributed by atoms with E-state index in [4.69, 9.17) is 20.2 Å². The van der Waals surface area contributed by atoms with Gasteiger partial charge in [-0.2, -0.15) is 0 Å². The number of hydrogen-bond acceptors (Lipinski definition) is 8. The minimum atomic E-state index is -0.831. The minimum Gasteiger partial charge on any atom is -0.465 e. The van der Waals surface area contributed by atoms with Crippen LogP contribution >= 0.6 is 27.7 Å². The number of ether oxygens (including phenoxy) is 2. The molecule has 3 aromatic rings. The number of rotatable bonds is 6. The van der Waals surface area contributed by atoms with Gasteiger partial charge in [0.15, 0.2) is 33.6 Å². The van der Waals surface area contributed by atoms with Crippen LogP contribution in [0.25, 0.3) is 11.2 Å². The predicted octanol–water partition coefficient (Wildman–Crippen LogP) is 4.86. The Balaban J connectivity index is 1.41. The van der Waals surface area contributed by atoms with Gasteiger partial charge in [-0.25, -0.2) is 19.7 Å². The fourth-order valence-corrected chi connectivity index (χ4v) is 6.32. The summed E-state index contributed by atoms with van der Waals surface area (Å²) in [6.07, 6.45) is 3.21. The zero-order valence-corrected chi connectivity index (χ0v) is 21.9. The summed E-state index contributed by atoms with van der Waals surface area (Å²) in [5.41, 5.74) is 7.40. The summed E-state index contributed by atoms with van der Waals surface area (Å²) in [4.78, 5) is 27.6. The van der Waals surface area contributed by atoms with Gasteiger partial charge in [0.05, 0.1) is 0 Å². The molecule has 2 atom stereocenters. The first kappa shape index (κ1) is 24.0. The van der Waals surface area contributed by atoms with Gasteiger partial charge in [0.25, 0.3) is 0 Å². The quantitative estimate of drug-likeness (QED) is 0.432. The van der Waals surface area contributed by atoms with E-state index in [0.29, 0.717) is 47.5 Å². The van der Waals surface area contributed by atoms with Gasteiger partial charge in [0, 0.05) is 28.5 Å². The van der Waals surface area contributed by atoms with E-state index in [-0.39, 0.29) is 18.8 Å². The summed E-state index contributed by atoms with van der Waals surface area (Å²) in [6.45, 7) is 5.64. The molecule has 3 N–H and O–H groups in total. The third-order valence-corrected chi connectivity index (χ3v) is 8.65. The molecule has 1 amide bonds. The van der Waals surface area contributed by atoms with E-state index in [9.17, 15) is 9.90 Å². The number of anilines is 1. The third-order valence-electron chi connectivity index (χ3n) is 6.68. The van der Waals surface area contributed by atoms with Gasteiger partial charge < -0.3 is 29.8 Å². The van der Waals surface area contributed by atoms with Gasteiger partial charge in [-0.3, -0.25) is 0 Å². The number of nitrogens with zero attached hydrogens (tertiary/aromatic N) is 5. The second-order valence-electron chi connectivity index (χ2n) is 9.18. The van der Waals surface area contributed by atoms with Crippen LogP contribution in [0.5, 0.6) is 11.5 Å². The van der Waals surface area contributed by atoms with E-state index in [2.05, 4.69) is 44.3 Å². The standard InChI is InChI=1S/C23H27BrN6O4S/c1-12(2)15-7-13(3-5-29(15)23(31)32)4-6-30-21-19(20(25)26-10-27-21)28-22(30)35-18-9-17-16(8-14(18)24)33-11-34-17/h8-10,12-13,15H,3-7,11H2,1-2H3,(H,31,32)(H2,25,26,27). The largest absolute Gasteiger partial charge is 0.465 e. The SMILES string of the molecule is CC(C)C1CC(CCn2c(Sc3cc4c(cc3Br)OCO4)nc3c(N)ncnc32)CCN1C(=O)O. The molecule has 2 aliphatic rings. The molecule has 12 heteroatoms. The van der Waals surface area contributed by atoms with Crippen LogP contribution in [0.2, 0.25) is 0 Å². The first-order chi connectivity index (χ1) is 16.8. The zero-order valence-electron chi connectivity index (χ0n) is 19.5. The van der Waals surface area contributed by atoms with Crippen LogP contribution in [-0.4, -0.2) is 55.0 Å². The Bertz CT molecular complexity index is 1270. The van der Waals surface area contributed by atoms with E-state index in [0.717, 1.165) is 33.8 Å². The van der Waals surface area contributed by atoms with E-state index in [1.54, 1.807) is 4.90 Å². The topological polar surface area (TPSA) is 129 Å². The molecule has 0 aliphatic carbocycles. The lowest BCUT2D eigenvalue weighted by atomic mass is 9.84. The van der Waals surface area contributed by atoms with Crippen molar-refractivity contribution in [1.82, 2.24) is 24.4 Å². The molecule has 0 saturated carbocycles. The average molecular weight is 563 g/mol. The molecule has 35 heavy (non-hydrogen) atoms. The maximum absolute atomic E-state index is 11.7. The monoisotopic (exact) mass is 562 g/mol. The van der Waals surface area contributed by atoms with Gasteiger partial charge >= 0.3 is 6.09 Å². The predicted molar refractivity (Wildman–Crippen MR) is 135 cm³/mol. The van der Waals surface area contributed by atoms with E-state index in [1.165, 1.54) is 18.1 Å². The fraction of sp³-hybridized carbons (Fsp3) is 0.478. The van der Waals surface area contributed by atoms with Gasteiger partial charge in [-0.05, 0) is 59.2 Å². The maximum atomic E-state index is 11.7. The highest BCUT2D eigenvalue weighted by atomic mass is 79.9. The van der Waals surface area contributed by atoms with Crippen molar-refractivity contribution in [3.8, 4) is 11.5 Å². The number of aromatic nitrogens is 4. The number of benzene rings is 1. The molecule has 0 spiro atoms. The molecule has 1 saturated heterocycles. The lowest BCUT2D eigenvalue weighted by molar-refractivity contribution is 0.0681. The van der Waals surface area contributed by atoms with Crippen LogP contribution in [0.1, 0.15) is 33.1 Å². The van der Waals surface area contributed by atoms with Crippen molar-refractivity contribution in [3.05, 3.63) is 22.9 Å². The number of piperidine rings is 1. The number of fused-ring (bicyclic) bond motifs is 2. The molecule has 5 rings (SSSR count). The highest BCUT2D eigenvalue weighted by molar-refractivity contribution is 9.10. The van der Waals surface area contributed by atoms with Crippen LogP contribution in [0.3, 0.4) is 0 Å². The normalized spacial score (nSPS) is 19.6. The van der Waals surface area contributed by atoms with Crippen molar-refractivity contribution >= 4 is 50.8 Å². The van der Waals surface area contributed by atoms with Crippen LogP contribution in [-0.2, 0) is 6.54 Å². The van der Waals surface area contributed by atoms with Gasteiger partial charge in [0.1, 0.15) is 6.33 Å². The second kappa shape index (κ2) is 9.73. The lowest BCUT2D eigenvalue weighted by Gasteiger charge is -2.40. The number of aryl methyl sites for hydroxylation is 1. The summed E-state index contributed by atoms with van der Waals surface area (Å²) in [5.74, 6) is 2.42. The van der Waals surface area contributed by atoms with Gasteiger partial charge in [-0.1, -0.05) is 25.6 Å². The second-order valence-corrected chi connectivity index (χ2v) is 11.0. The van der Waals surface area contributed by atoms with Crippen LogP contribution in [0.4, 0.5) is 10.6 Å². The average Bonchev–Trinajstić information content (AvgIpc) is 3.42. The lowest BCUT2D eigenvalue weighted by Crippen LogP contribution is -2.48. The van der Waals surface area contributed by atoms with Crippen LogP contribution < -0.4 is 15.2 Å².